The number of nitrogens with zero attached hydrogens (tertiary/aromatic N) is 1. The highest BCUT2D eigenvalue weighted by molar-refractivity contribution is 9.10. The Morgan fingerprint density at radius 1 is 1.20 bits per heavy atom. The molecule has 0 aliphatic carbocycles. The van der Waals surface area contributed by atoms with Gasteiger partial charge >= 0.3 is 0 Å². The van der Waals surface area contributed by atoms with E-state index in [-0.39, 0.29) is 11.6 Å². The molecule has 1 amide bonds. The summed E-state index contributed by atoms with van der Waals surface area (Å²) in [5.41, 5.74) is 1.08. The minimum Gasteiger partial charge on any atom is -0.497 e. The lowest BCUT2D eigenvalue weighted by molar-refractivity contribution is -0.384. The molecule has 2 aromatic rings. The molecule has 0 aromatic heterocycles. The van der Waals surface area contributed by atoms with Gasteiger partial charge in [-0.3, -0.25) is 14.9 Å². The number of methoxy groups -OCH3 is 2. The fourth-order valence-corrected chi connectivity index (χ4v) is 2.48. The molecule has 0 aliphatic rings. The van der Waals surface area contributed by atoms with Crippen molar-refractivity contribution in [2.24, 2.45) is 0 Å². The predicted molar refractivity (Wildman–Crippen MR) is 98.0 cm³/mol. The third-order valence-corrected chi connectivity index (χ3v) is 3.93. The third kappa shape index (κ3) is 4.80. The minimum atomic E-state index is -0.508. The van der Waals surface area contributed by atoms with E-state index < -0.39 is 4.92 Å². The van der Waals surface area contributed by atoms with Crippen LogP contribution in [-0.2, 0) is 4.79 Å². The van der Waals surface area contributed by atoms with E-state index in [0.29, 0.717) is 27.2 Å². The van der Waals surface area contributed by atoms with Gasteiger partial charge in [-0.05, 0) is 40.2 Å². The number of nitrogens with one attached hydrogen (secondary N) is 1. The summed E-state index contributed by atoms with van der Waals surface area (Å²) in [7, 11) is 3.08. The molecule has 0 heterocycles. The van der Waals surface area contributed by atoms with Gasteiger partial charge in [-0.25, -0.2) is 0 Å². The van der Waals surface area contributed by atoms with Crippen molar-refractivity contribution in [1.82, 2.24) is 0 Å². The molecule has 0 aliphatic heterocycles. The molecule has 0 spiro atoms. The summed E-state index contributed by atoms with van der Waals surface area (Å²) < 4.78 is 10.8. The average Bonchev–Trinajstić information content (AvgIpc) is 2.61. The summed E-state index contributed by atoms with van der Waals surface area (Å²) in [6.45, 7) is 0. The molecule has 0 saturated carbocycles. The summed E-state index contributed by atoms with van der Waals surface area (Å²) in [5.74, 6) is 0.834. The molecule has 8 heteroatoms. The second-order valence-electron chi connectivity index (χ2n) is 4.85. The van der Waals surface area contributed by atoms with Gasteiger partial charge in [0.05, 0.1) is 24.8 Å². The average molecular weight is 407 g/mol. The first-order valence-corrected chi connectivity index (χ1v) is 7.89. The molecule has 130 valence electrons. The van der Waals surface area contributed by atoms with E-state index in [0.717, 1.165) is 0 Å². The van der Waals surface area contributed by atoms with Crippen LogP contribution in [0.5, 0.6) is 11.5 Å². The van der Waals surface area contributed by atoms with Gasteiger partial charge in [-0.1, -0.05) is 0 Å². The highest BCUT2D eigenvalue weighted by Crippen LogP contribution is 2.28. The van der Waals surface area contributed by atoms with Crippen LogP contribution in [0.1, 0.15) is 5.56 Å². The number of ether oxygens (including phenoxy) is 2. The largest absolute Gasteiger partial charge is 0.497 e. The van der Waals surface area contributed by atoms with Crippen molar-refractivity contribution in [3.05, 3.63) is 62.6 Å². The number of hydrogen-bond acceptors (Lipinski definition) is 5. The number of hydrogen-bond donors (Lipinski definition) is 1. The zero-order valence-electron chi connectivity index (χ0n) is 13.5. The maximum Gasteiger partial charge on any atom is 0.270 e. The van der Waals surface area contributed by atoms with Gasteiger partial charge in [0.15, 0.2) is 0 Å². The van der Waals surface area contributed by atoms with Crippen molar-refractivity contribution in [3.63, 3.8) is 0 Å². The third-order valence-electron chi connectivity index (χ3n) is 3.28. The van der Waals surface area contributed by atoms with Crippen LogP contribution in [0.4, 0.5) is 11.4 Å². The second-order valence-corrected chi connectivity index (χ2v) is 5.71. The summed E-state index contributed by atoms with van der Waals surface area (Å²) in [6.07, 6.45) is 2.95. The molecule has 0 saturated heterocycles. The van der Waals surface area contributed by atoms with Crippen LogP contribution >= 0.6 is 15.9 Å². The van der Waals surface area contributed by atoms with E-state index in [1.165, 1.54) is 31.4 Å². The highest BCUT2D eigenvalue weighted by atomic mass is 79.9. The number of amides is 1. The van der Waals surface area contributed by atoms with Gasteiger partial charge in [-0.2, -0.15) is 0 Å². The van der Waals surface area contributed by atoms with Crippen LogP contribution < -0.4 is 14.8 Å². The first-order chi connectivity index (χ1) is 11.9. The van der Waals surface area contributed by atoms with Gasteiger partial charge in [0, 0.05) is 34.3 Å². The van der Waals surface area contributed by atoms with Crippen molar-refractivity contribution in [2.75, 3.05) is 19.5 Å². The molecule has 0 fully saturated rings. The molecule has 0 unspecified atom stereocenters. The highest BCUT2D eigenvalue weighted by Gasteiger charge is 2.10. The number of nitro groups is 1. The molecule has 7 nitrogen and oxygen atoms in total. The monoisotopic (exact) mass is 406 g/mol. The lowest BCUT2D eigenvalue weighted by Crippen LogP contribution is -2.08. The van der Waals surface area contributed by atoms with Gasteiger partial charge in [0.1, 0.15) is 11.5 Å². The van der Waals surface area contributed by atoms with Gasteiger partial charge in [0.25, 0.3) is 5.69 Å². The standard InChI is InChI=1S/C17H15BrN2O5/c1-24-13-6-3-11(16(10-13)25-2)4-8-17(21)19-15-7-5-12(20(22)23)9-14(15)18/h3-10H,1-2H3,(H,19,21)/b8-4+. The van der Waals surface area contributed by atoms with E-state index in [1.807, 2.05) is 0 Å². The number of benzene rings is 2. The topological polar surface area (TPSA) is 90.7 Å². The quantitative estimate of drug-likeness (QED) is 0.444. The van der Waals surface area contributed by atoms with Crippen LogP contribution in [0.3, 0.4) is 0 Å². The summed E-state index contributed by atoms with van der Waals surface area (Å²) in [6, 6.07) is 9.34. The lowest BCUT2D eigenvalue weighted by Gasteiger charge is -2.07. The van der Waals surface area contributed by atoms with Crippen molar-refractivity contribution < 1.29 is 19.2 Å². The van der Waals surface area contributed by atoms with Crippen LogP contribution in [-0.4, -0.2) is 25.1 Å². The van der Waals surface area contributed by atoms with Crippen molar-refractivity contribution in [1.29, 1.82) is 0 Å². The van der Waals surface area contributed by atoms with Crippen molar-refractivity contribution in [2.45, 2.75) is 0 Å². The number of rotatable bonds is 6. The minimum absolute atomic E-state index is 0.0663. The SMILES string of the molecule is COc1ccc(/C=C/C(=O)Nc2ccc([N+](=O)[O-])cc2Br)c(OC)c1. The Balaban J connectivity index is 2.12. The number of halogens is 1. The number of carbonyl (C=O) groups excluding carboxylic acids is 1. The van der Waals surface area contributed by atoms with Gasteiger partial charge in [-0.15, -0.1) is 0 Å². The molecule has 0 bridgehead atoms. The first kappa shape index (κ1) is 18.5. The number of nitro benzene ring substituents is 1. The molecule has 0 atom stereocenters. The van der Waals surface area contributed by atoms with Crippen LogP contribution in [0.2, 0.25) is 0 Å². The van der Waals surface area contributed by atoms with E-state index in [4.69, 9.17) is 9.47 Å². The molecular weight excluding hydrogens is 392 g/mol. The zero-order valence-corrected chi connectivity index (χ0v) is 15.1. The van der Waals surface area contributed by atoms with E-state index >= 15 is 0 Å². The van der Waals surface area contributed by atoms with E-state index in [1.54, 1.807) is 31.4 Å². The summed E-state index contributed by atoms with van der Waals surface area (Å²) >= 11 is 3.20. The van der Waals surface area contributed by atoms with Gasteiger partial charge < -0.3 is 14.8 Å². The lowest BCUT2D eigenvalue weighted by atomic mass is 10.1. The van der Waals surface area contributed by atoms with Crippen LogP contribution in [0.25, 0.3) is 6.08 Å². The Morgan fingerprint density at radius 2 is 1.96 bits per heavy atom. The Kier molecular flexibility index (Phi) is 6.13. The Morgan fingerprint density at radius 3 is 2.56 bits per heavy atom. The zero-order chi connectivity index (χ0) is 18.4. The maximum atomic E-state index is 12.1. The van der Waals surface area contributed by atoms with Crippen LogP contribution in [0, 0.1) is 10.1 Å². The van der Waals surface area contributed by atoms with Crippen molar-refractivity contribution in [3.8, 4) is 11.5 Å². The molecule has 25 heavy (non-hydrogen) atoms. The maximum absolute atomic E-state index is 12.1. The Labute approximate surface area is 152 Å². The number of non-ortho nitro benzene ring substituents is 1. The van der Waals surface area contributed by atoms with E-state index in [2.05, 4.69) is 21.2 Å². The summed E-state index contributed by atoms with van der Waals surface area (Å²) in [5, 5.41) is 13.4. The normalized spacial score (nSPS) is 10.5. The second kappa shape index (κ2) is 8.29. The molecule has 2 rings (SSSR count). The Hall–Kier alpha value is -2.87. The number of carbonyl (C=O) groups is 1. The van der Waals surface area contributed by atoms with Crippen molar-refractivity contribution >= 4 is 39.3 Å². The molecule has 2 aromatic carbocycles. The Bertz CT molecular complexity index is 836. The smallest absolute Gasteiger partial charge is 0.270 e. The van der Waals surface area contributed by atoms with E-state index in [9.17, 15) is 14.9 Å². The number of anilines is 1. The van der Waals surface area contributed by atoms with Gasteiger partial charge in [0.2, 0.25) is 5.91 Å². The first-order valence-electron chi connectivity index (χ1n) is 7.09. The summed E-state index contributed by atoms with van der Waals surface area (Å²) in [4.78, 5) is 22.3. The predicted octanol–water partition coefficient (Wildman–Crippen LogP) is 4.03. The fourth-order valence-electron chi connectivity index (χ4n) is 2.01. The van der Waals surface area contributed by atoms with Crippen LogP contribution in [0.15, 0.2) is 46.9 Å². The fraction of sp³-hybridized carbons (Fsp3) is 0.118. The molecule has 0 radical (unpaired) electrons. The molecule has 1 N–H and O–H groups in total. The molecular formula is C17H15BrN2O5.